The van der Waals surface area contributed by atoms with E-state index in [1.165, 1.54) is 9.75 Å². The fraction of sp³-hybridized carbons (Fsp3) is 0.333. The van der Waals surface area contributed by atoms with Crippen molar-refractivity contribution in [1.82, 2.24) is 0 Å². The molecule has 0 atom stereocenters. The van der Waals surface area contributed by atoms with Gasteiger partial charge in [0.2, 0.25) is 0 Å². The Kier molecular flexibility index (Phi) is 3.67. The Labute approximate surface area is 129 Å². The van der Waals surface area contributed by atoms with Crippen molar-refractivity contribution in [3.8, 4) is 0 Å². The molecular weight excluding hydrogens is 333 g/mol. The average molecular weight is 350 g/mol. The first-order valence-electron chi connectivity index (χ1n) is 6.58. The number of nitrogens with zero attached hydrogens (tertiary/aromatic N) is 2. The molecule has 20 heavy (non-hydrogen) atoms. The van der Waals surface area contributed by atoms with E-state index in [0.29, 0.717) is 0 Å². The van der Waals surface area contributed by atoms with E-state index in [9.17, 15) is 0 Å². The van der Waals surface area contributed by atoms with Crippen LogP contribution in [-0.2, 0) is 12.0 Å². The van der Waals surface area contributed by atoms with E-state index in [-0.39, 0.29) is 20.0 Å². The third-order valence-electron chi connectivity index (χ3n) is 3.14. The summed E-state index contributed by atoms with van der Waals surface area (Å²) in [5.74, 6) is 0. The molecule has 0 aliphatic carbocycles. The topological polar surface area (TPSA) is 36.8 Å². The van der Waals surface area contributed by atoms with Crippen molar-refractivity contribution < 1.29 is 0 Å². The van der Waals surface area contributed by atoms with Crippen molar-refractivity contribution in [2.45, 2.75) is 32.7 Å². The van der Waals surface area contributed by atoms with Gasteiger partial charge in [-0.2, -0.15) is 0 Å². The van der Waals surface area contributed by atoms with Crippen LogP contribution in [0.25, 0.3) is 0 Å². The summed E-state index contributed by atoms with van der Waals surface area (Å²) in [7, 11) is 0. The predicted molar refractivity (Wildman–Crippen MR) is 86.7 cm³/mol. The van der Waals surface area contributed by atoms with Crippen molar-refractivity contribution in [1.29, 1.82) is 0 Å². The molecule has 3 rings (SSSR count). The van der Waals surface area contributed by atoms with Crippen LogP contribution in [-0.4, -0.2) is 14.6 Å². The summed E-state index contributed by atoms with van der Waals surface area (Å²) in [6, 6.07) is 10.6. The number of nitrogens with one attached hydrogen (secondary N) is 1. The van der Waals surface area contributed by atoms with Crippen molar-refractivity contribution in [3.05, 3.63) is 40.1 Å². The molecule has 1 N–H and O–H groups in total. The summed E-state index contributed by atoms with van der Waals surface area (Å²) < 4.78 is 8.90. The third kappa shape index (κ3) is 2.80. The van der Waals surface area contributed by atoms with Crippen molar-refractivity contribution >= 4 is 43.0 Å². The second kappa shape index (κ2) is 5.32. The number of hydrogen-bond donors (Lipinski definition) is 1. The van der Waals surface area contributed by atoms with Crippen LogP contribution in [0.4, 0.5) is 17.1 Å². The molecule has 0 radical (unpaired) electrons. The molecule has 0 bridgehead atoms. The Morgan fingerprint density at radius 3 is 2.75 bits per heavy atom. The van der Waals surface area contributed by atoms with Crippen molar-refractivity contribution in [2.75, 3.05) is 5.32 Å². The first kappa shape index (κ1) is 13.8. The first-order valence-corrected chi connectivity index (χ1v) is 8.93. The molecule has 0 unspecified atom stereocenters. The Bertz CT molecular complexity index is 706. The molecule has 1 aliphatic heterocycles. The SMILES string of the molecule is CC(C)(C)c1ccc(CNc2cccc3c2N=[Se]=N3)s1. The van der Waals surface area contributed by atoms with E-state index < -0.39 is 0 Å². The molecule has 3 nitrogen and oxygen atoms in total. The van der Waals surface area contributed by atoms with E-state index in [1.54, 1.807) is 0 Å². The van der Waals surface area contributed by atoms with Crippen molar-refractivity contribution in [2.24, 2.45) is 7.92 Å². The van der Waals surface area contributed by atoms with E-state index in [1.807, 2.05) is 23.5 Å². The first-order chi connectivity index (χ1) is 9.54. The van der Waals surface area contributed by atoms with Crippen LogP contribution >= 0.6 is 11.3 Å². The summed E-state index contributed by atoms with van der Waals surface area (Å²) in [5, 5.41) is 3.49. The quantitative estimate of drug-likeness (QED) is 0.663. The Hall–Kier alpha value is -1.16. The zero-order chi connectivity index (χ0) is 14.2. The maximum absolute atomic E-state index is 4.49. The summed E-state index contributed by atoms with van der Waals surface area (Å²) in [4.78, 5) is 2.78. The van der Waals surface area contributed by atoms with Crippen LogP contribution in [0.3, 0.4) is 0 Å². The minimum absolute atomic E-state index is 0.0302. The molecule has 0 amide bonds. The van der Waals surface area contributed by atoms with E-state index in [2.05, 4.69) is 52.2 Å². The van der Waals surface area contributed by atoms with Gasteiger partial charge in [-0.1, -0.05) is 0 Å². The zero-order valence-corrected chi connectivity index (χ0v) is 14.3. The van der Waals surface area contributed by atoms with Gasteiger partial charge in [0.25, 0.3) is 0 Å². The van der Waals surface area contributed by atoms with Gasteiger partial charge in [0.1, 0.15) is 0 Å². The molecule has 1 aliphatic rings. The molecule has 2 heterocycles. The average Bonchev–Trinajstić information content (AvgIpc) is 3.04. The van der Waals surface area contributed by atoms with Gasteiger partial charge in [0.05, 0.1) is 0 Å². The van der Waals surface area contributed by atoms with Crippen LogP contribution in [0.5, 0.6) is 0 Å². The van der Waals surface area contributed by atoms with Crippen LogP contribution in [0.2, 0.25) is 0 Å². The van der Waals surface area contributed by atoms with Crippen LogP contribution in [0.1, 0.15) is 30.5 Å². The monoisotopic (exact) mass is 351 g/mol. The van der Waals surface area contributed by atoms with Crippen LogP contribution in [0.15, 0.2) is 38.3 Å². The summed E-state index contributed by atoms with van der Waals surface area (Å²) in [5.41, 5.74) is 3.38. The van der Waals surface area contributed by atoms with E-state index in [0.717, 1.165) is 23.6 Å². The Morgan fingerprint density at radius 1 is 1.15 bits per heavy atom. The second-order valence-electron chi connectivity index (χ2n) is 5.81. The molecule has 0 saturated carbocycles. The number of thiophene rings is 1. The second-order valence-corrected chi connectivity index (χ2v) is 8.08. The maximum atomic E-state index is 4.49. The molecule has 1 aromatic carbocycles. The molecule has 0 saturated heterocycles. The number of rotatable bonds is 3. The Morgan fingerprint density at radius 2 is 2.00 bits per heavy atom. The van der Waals surface area contributed by atoms with Gasteiger partial charge in [0.15, 0.2) is 0 Å². The fourth-order valence-corrected chi connectivity index (χ4v) is 4.17. The molecule has 5 heteroatoms. The van der Waals surface area contributed by atoms with Gasteiger partial charge in [-0.05, 0) is 0 Å². The summed E-state index contributed by atoms with van der Waals surface area (Å²) in [6.45, 7) is 7.60. The molecule has 104 valence electrons. The number of benzene rings is 1. The summed E-state index contributed by atoms with van der Waals surface area (Å²) >= 11 is 1.91. The van der Waals surface area contributed by atoms with Crippen LogP contribution in [0, 0.1) is 0 Å². The molecule has 1 aromatic heterocycles. The fourth-order valence-electron chi connectivity index (χ4n) is 2.01. The van der Waals surface area contributed by atoms with Gasteiger partial charge >= 0.3 is 129 Å². The van der Waals surface area contributed by atoms with Gasteiger partial charge in [-0.3, -0.25) is 0 Å². The normalized spacial score (nSPS) is 13.2. The standard InChI is InChI=1S/C15H17N3SSe/c1-15(2,3)13-8-7-10(19-13)9-16-11-5-4-6-12-14(11)18-20-17-12/h4-8,16H,9H2,1-3H3. The van der Waals surface area contributed by atoms with Gasteiger partial charge < -0.3 is 0 Å². The minimum atomic E-state index is 0.0302. The number of fused-ring (bicyclic) bond motifs is 1. The van der Waals surface area contributed by atoms with Gasteiger partial charge in [0, 0.05) is 0 Å². The molecule has 0 fully saturated rings. The zero-order valence-electron chi connectivity index (χ0n) is 11.8. The van der Waals surface area contributed by atoms with E-state index >= 15 is 0 Å². The Balaban J connectivity index is 1.73. The van der Waals surface area contributed by atoms with Crippen LogP contribution < -0.4 is 5.32 Å². The van der Waals surface area contributed by atoms with Gasteiger partial charge in [-0.15, -0.1) is 0 Å². The number of anilines is 1. The summed E-state index contributed by atoms with van der Waals surface area (Å²) in [6.07, 6.45) is 0. The molecule has 0 spiro atoms. The van der Waals surface area contributed by atoms with Crippen molar-refractivity contribution in [3.63, 3.8) is 0 Å². The van der Waals surface area contributed by atoms with E-state index in [4.69, 9.17) is 0 Å². The molecular formula is C15H17N3SSe. The van der Waals surface area contributed by atoms with Gasteiger partial charge in [-0.25, -0.2) is 0 Å². The predicted octanol–water partition coefficient (Wildman–Crippen LogP) is 5.01. The third-order valence-corrected chi connectivity index (χ3v) is 5.79. The molecule has 2 aromatic rings. The number of hydrogen-bond acceptors (Lipinski definition) is 4.